The van der Waals surface area contributed by atoms with E-state index < -0.39 is 11.8 Å². The third-order valence-corrected chi connectivity index (χ3v) is 3.64. The van der Waals surface area contributed by atoms with Crippen molar-refractivity contribution in [1.29, 1.82) is 0 Å². The van der Waals surface area contributed by atoms with Crippen LogP contribution in [0.1, 0.15) is 42.6 Å². The Morgan fingerprint density at radius 3 is 2.65 bits per heavy atom. The maximum absolute atomic E-state index is 14.2. The monoisotopic (exact) mass is 358 g/mol. The number of ether oxygens (including phenoxy) is 1. The molecule has 5 nitrogen and oxygen atoms in total. The Balaban J connectivity index is 0.00000117. The van der Waals surface area contributed by atoms with Crippen molar-refractivity contribution in [3.05, 3.63) is 53.3 Å². The topological polar surface area (TPSA) is 64.4 Å². The summed E-state index contributed by atoms with van der Waals surface area (Å²) >= 11 is 0. The molecule has 0 saturated heterocycles. The molecule has 0 spiro atoms. The molecule has 0 radical (unpaired) electrons. The van der Waals surface area contributed by atoms with E-state index in [9.17, 15) is 9.18 Å². The minimum Gasteiger partial charge on any atom is -0.460 e. The van der Waals surface area contributed by atoms with E-state index in [0.29, 0.717) is 22.4 Å². The fourth-order valence-corrected chi connectivity index (χ4v) is 2.52. The summed E-state index contributed by atoms with van der Waals surface area (Å²) in [5.41, 5.74) is 2.56. The standard InChI is InChI=1S/C18H17FN2O3.C2H6/c1-4-23-18(22)17-16(15-11(3)20-8-7-14(15)24-17)21-13-6-5-10(2)9-12(13)19;1-2/h5-9,21H,4H2,1-3H3;1-2H3. The molecule has 138 valence electrons. The van der Waals surface area contributed by atoms with E-state index in [2.05, 4.69) is 10.3 Å². The second kappa shape index (κ2) is 8.47. The molecule has 0 bridgehead atoms. The molecule has 6 heteroatoms. The second-order valence-electron chi connectivity index (χ2n) is 5.40. The molecular formula is C20H23FN2O3. The minimum atomic E-state index is -0.608. The van der Waals surface area contributed by atoms with Crippen LogP contribution < -0.4 is 5.32 Å². The molecule has 1 N–H and O–H groups in total. The number of nitrogens with one attached hydrogen (secondary N) is 1. The number of furan rings is 1. The highest BCUT2D eigenvalue weighted by molar-refractivity contribution is 6.06. The van der Waals surface area contributed by atoms with Gasteiger partial charge in [-0.05, 0) is 44.5 Å². The number of fused-ring (bicyclic) bond motifs is 1. The Morgan fingerprint density at radius 1 is 1.27 bits per heavy atom. The van der Waals surface area contributed by atoms with Gasteiger partial charge in [0, 0.05) is 6.20 Å². The average Bonchev–Trinajstić information content (AvgIpc) is 2.99. The van der Waals surface area contributed by atoms with Gasteiger partial charge in [-0.3, -0.25) is 4.98 Å². The lowest BCUT2D eigenvalue weighted by molar-refractivity contribution is 0.0494. The van der Waals surface area contributed by atoms with Crippen molar-refractivity contribution >= 4 is 28.3 Å². The predicted octanol–water partition coefficient (Wildman–Crippen LogP) is 5.53. The van der Waals surface area contributed by atoms with Gasteiger partial charge in [-0.15, -0.1) is 0 Å². The molecule has 1 aromatic carbocycles. The Bertz CT molecular complexity index is 919. The number of halogens is 1. The number of hydrogen-bond donors (Lipinski definition) is 1. The molecule has 2 heterocycles. The van der Waals surface area contributed by atoms with E-state index in [0.717, 1.165) is 5.56 Å². The van der Waals surface area contributed by atoms with Gasteiger partial charge in [-0.2, -0.15) is 0 Å². The number of aryl methyl sites for hydroxylation is 2. The first-order valence-corrected chi connectivity index (χ1v) is 8.59. The molecule has 0 fully saturated rings. The number of benzene rings is 1. The van der Waals surface area contributed by atoms with Crippen molar-refractivity contribution in [1.82, 2.24) is 4.98 Å². The first-order valence-electron chi connectivity index (χ1n) is 8.59. The van der Waals surface area contributed by atoms with E-state index in [1.165, 1.54) is 6.07 Å². The van der Waals surface area contributed by atoms with E-state index in [4.69, 9.17) is 9.15 Å². The summed E-state index contributed by atoms with van der Waals surface area (Å²) in [6, 6.07) is 6.47. The van der Waals surface area contributed by atoms with Gasteiger partial charge in [0.1, 0.15) is 17.1 Å². The molecule has 0 unspecified atom stereocenters. The summed E-state index contributed by atoms with van der Waals surface area (Å²) in [6.45, 7) is 9.52. The lowest BCUT2D eigenvalue weighted by Crippen LogP contribution is -2.06. The van der Waals surface area contributed by atoms with Crippen molar-refractivity contribution in [3.63, 3.8) is 0 Å². The fraction of sp³-hybridized carbons (Fsp3) is 0.300. The Labute approximate surface area is 152 Å². The van der Waals surface area contributed by atoms with Gasteiger partial charge in [-0.25, -0.2) is 9.18 Å². The molecule has 0 atom stereocenters. The molecule has 2 aromatic heterocycles. The van der Waals surface area contributed by atoms with Crippen molar-refractivity contribution in [3.8, 4) is 0 Å². The third kappa shape index (κ3) is 3.85. The van der Waals surface area contributed by atoms with E-state index in [1.807, 2.05) is 13.8 Å². The number of carbonyl (C=O) groups is 1. The van der Waals surface area contributed by atoms with Crippen LogP contribution in [0.15, 0.2) is 34.9 Å². The normalized spacial score (nSPS) is 10.2. The van der Waals surface area contributed by atoms with Gasteiger partial charge in [0.2, 0.25) is 5.76 Å². The summed E-state index contributed by atoms with van der Waals surface area (Å²) in [6.07, 6.45) is 1.59. The zero-order valence-corrected chi connectivity index (χ0v) is 15.6. The van der Waals surface area contributed by atoms with Gasteiger partial charge in [0.05, 0.1) is 23.4 Å². The van der Waals surface area contributed by atoms with Crippen LogP contribution in [0.25, 0.3) is 11.0 Å². The zero-order valence-electron chi connectivity index (χ0n) is 15.6. The second-order valence-corrected chi connectivity index (χ2v) is 5.40. The molecule has 3 rings (SSSR count). The Morgan fingerprint density at radius 2 is 2.00 bits per heavy atom. The van der Waals surface area contributed by atoms with Gasteiger partial charge in [-0.1, -0.05) is 19.9 Å². The Hall–Kier alpha value is -2.89. The quantitative estimate of drug-likeness (QED) is 0.621. The van der Waals surface area contributed by atoms with Crippen LogP contribution >= 0.6 is 0 Å². The number of esters is 1. The van der Waals surface area contributed by atoms with Crippen LogP contribution in [-0.4, -0.2) is 17.6 Å². The molecule has 0 aliphatic rings. The smallest absolute Gasteiger partial charge is 0.376 e. The van der Waals surface area contributed by atoms with E-state index in [-0.39, 0.29) is 18.1 Å². The molecule has 0 amide bonds. The SMILES string of the molecule is CC.CCOC(=O)c1oc2ccnc(C)c2c1Nc1ccc(C)cc1F. The lowest BCUT2D eigenvalue weighted by atomic mass is 10.1. The predicted molar refractivity (Wildman–Crippen MR) is 100 cm³/mol. The molecule has 3 aromatic rings. The maximum Gasteiger partial charge on any atom is 0.376 e. The summed E-state index contributed by atoms with van der Waals surface area (Å²) in [5, 5.41) is 3.59. The highest BCUT2D eigenvalue weighted by Crippen LogP contribution is 2.35. The maximum atomic E-state index is 14.2. The number of carbonyl (C=O) groups excluding carboxylic acids is 1. The highest BCUT2D eigenvalue weighted by Gasteiger charge is 2.24. The van der Waals surface area contributed by atoms with E-state index >= 15 is 0 Å². The van der Waals surface area contributed by atoms with Crippen LogP contribution in [-0.2, 0) is 4.74 Å². The molecular weight excluding hydrogens is 335 g/mol. The fourth-order valence-electron chi connectivity index (χ4n) is 2.52. The van der Waals surface area contributed by atoms with E-state index in [1.54, 1.807) is 45.2 Å². The van der Waals surface area contributed by atoms with Gasteiger partial charge >= 0.3 is 5.97 Å². The van der Waals surface area contributed by atoms with Gasteiger partial charge in [0.15, 0.2) is 0 Å². The minimum absolute atomic E-state index is 0.00271. The van der Waals surface area contributed by atoms with Crippen LogP contribution in [0.2, 0.25) is 0 Å². The number of nitrogens with zero attached hydrogens (tertiary/aromatic N) is 1. The summed E-state index contributed by atoms with van der Waals surface area (Å²) in [7, 11) is 0. The number of hydrogen-bond acceptors (Lipinski definition) is 5. The van der Waals surface area contributed by atoms with Crippen LogP contribution in [0.4, 0.5) is 15.8 Å². The number of anilines is 2. The van der Waals surface area contributed by atoms with Crippen LogP contribution in [0, 0.1) is 19.7 Å². The largest absolute Gasteiger partial charge is 0.460 e. The summed E-state index contributed by atoms with van der Waals surface area (Å²) in [4.78, 5) is 16.4. The van der Waals surface area contributed by atoms with Gasteiger partial charge < -0.3 is 14.5 Å². The third-order valence-electron chi connectivity index (χ3n) is 3.64. The summed E-state index contributed by atoms with van der Waals surface area (Å²) < 4.78 is 24.9. The lowest BCUT2D eigenvalue weighted by Gasteiger charge is -2.09. The average molecular weight is 358 g/mol. The van der Waals surface area contributed by atoms with Crippen molar-refractivity contribution in [2.75, 3.05) is 11.9 Å². The number of rotatable bonds is 4. The van der Waals surface area contributed by atoms with Crippen molar-refractivity contribution in [2.45, 2.75) is 34.6 Å². The van der Waals surface area contributed by atoms with Crippen LogP contribution in [0.3, 0.4) is 0 Å². The first-order chi connectivity index (χ1) is 12.5. The highest BCUT2D eigenvalue weighted by atomic mass is 19.1. The Kier molecular flexibility index (Phi) is 6.33. The summed E-state index contributed by atoms with van der Waals surface area (Å²) in [5.74, 6) is -1.02. The molecule has 0 aliphatic carbocycles. The number of pyridine rings is 1. The molecule has 0 saturated carbocycles. The van der Waals surface area contributed by atoms with Gasteiger partial charge in [0.25, 0.3) is 0 Å². The molecule has 26 heavy (non-hydrogen) atoms. The first kappa shape index (κ1) is 19.4. The number of aromatic nitrogens is 1. The van der Waals surface area contributed by atoms with Crippen molar-refractivity contribution < 1.29 is 18.3 Å². The zero-order chi connectivity index (χ0) is 19.3. The van der Waals surface area contributed by atoms with Crippen LogP contribution in [0.5, 0.6) is 0 Å². The van der Waals surface area contributed by atoms with Crippen molar-refractivity contribution in [2.24, 2.45) is 0 Å². The molecule has 0 aliphatic heterocycles.